The standard InChI is InChI=1S/C17H25N7O3/c1-5-7-10-24-12-13(21-16(24)19-9-8-18)22-17(23(4)14(12)25)20-11(3)15(26)27-6-2/h11H,6,8-10,18H2,1-4H3,(H,19,21)(H,20,22)/t11-/m0/s1. The van der Waals surface area contributed by atoms with E-state index in [9.17, 15) is 9.59 Å². The van der Waals surface area contributed by atoms with Gasteiger partial charge in [0.05, 0.1) is 13.2 Å². The largest absolute Gasteiger partial charge is 0.464 e. The molecule has 0 fully saturated rings. The highest BCUT2D eigenvalue weighted by atomic mass is 16.5. The SMILES string of the molecule is CC#CCn1c(NCCN)nc2nc(N[C@@H](C)C(=O)OCC)n(C)c(=O)c21. The van der Waals surface area contributed by atoms with Crippen LogP contribution in [0.3, 0.4) is 0 Å². The third kappa shape index (κ3) is 4.38. The normalized spacial score (nSPS) is 11.6. The van der Waals surface area contributed by atoms with Crippen LogP contribution in [0.2, 0.25) is 0 Å². The molecule has 2 aromatic heterocycles. The summed E-state index contributed by atoms with van der Waals surface area (Å²) in [5, 5.41) is 5.98. The number of anilines is 2. The number of ether oxygens (including phenoxy) is 1. The second kappa shape index (κ2) is 9.05. The fourth-order valence-corrected chi connectivity index (χ4v) is 2.44. The Morgan fingerprint density at radius 2 is 2.07 bits per heavy atom. The maximum atomic E-state index is 12.9. The first-order chi connectivity index (χ1) is 12.9. The molecule has 2 aromatic rings. The van der Waals surface area contributed by atoms with Crippen LogP contribution in [0, 0.1) is 11.8 Å². The van der Waals surface area contributed by atoms with Gasteiger partial charge in [0.15, 0.2) is 11.2 Å². The zero-order chi connectivity index (χ0) is 20.0. The number of esters is 1. The van der Waals surface area contributed by atoms with Crippen LogP contribution >= 0.6 is 0 Å². The number of imidazole rings is 1. The van der Waals surface area contributed by atoms with Crippen molar-refractivity contribution in [2.24, 2.45) is 12.8 Å². The lowest BCUT2D eigenvalue weighted by atomic mass is 10.3. The second-order valence-electron chi connectivity index (χ2n) is 5.75. The van der Waals surface area contributed by atoms with Gasteiger partial charge < -0.3 is 21.1 Å². The number of nitrogens with two attached hydrogens (primary N) is 1. The Morgan fingerprint density at radius 3 is 2.70 bits per heavy atom. The van der Waals surface area contributed by atoms with Gasteiger partial charge in [0.2, 0.25) is 11.9 Å². The monoisotopic (exact) mass is 375 g/mol. The summed E-state index contributed by atoms with van der Waals surface area (Å²) in [6.45, 7) is 6.57. The van der Waals surface area contributed by atoms with Crippen LogP contribution in [0.25, 0.3) is 11.2 Å². The van der Waals surface area contributed by atoms with E-state index in [2.05, 4.69) is 32.4 Å². The first kappa shape index (κ1) is 20.3. The molecule has 0 aliphatic heterocycles. The number of nitrogens with zero attached hydrogens (tertiary/aromatic N) is 4. The third-order valence-electron chi connectivity index (χ3n) is 3.81. The predicted molar refractivity (Wildman–Crippen MR) is 103 cm³/mol. The lowest BCUT2D eigenvalue weighted by Gasteiger charge is -2.15. The molecule has 0 radical (unpaired) electrons. The Bertz CT molecular complexity index is 936. The Kier molecular flexibility index (Phi) is 6.79. The summed E-state index contributed by atoms with van der Waals surface area (Å²) < 4.78 is 7.98. The molecule has 0 saturated heterocycles. The topological polar surface area (TPSA) is 129 Å². The number of carbonyl (C=O) groups excluding carboxylic acids is 1. The summed E-state index contributed by atoms with van der Waals surface area (Å²) >= 11 is 0. The minimum atomic E-state index is -0.664. The Morgan fingerprint density at radius 1 is 1.37 bits per heavy atom. The molecule has 0 aromatic carbocycles. The smallest absolute Gasteiger partial charge is 0.328 e. The van der Waals surface area contributed by atoms with E-state index in [1.165, 1.54) is 4.57 Å². The summed E-state index contributed by atoms with van der Waals surface area (Å²) in [4.78, 5) is 33.6. The van der Waals surface area contributed by atoms with Crippen LogP contribution in [0.1, 0.15) is 20.8 Å². The zero-order valence-electron chi connectivity index (χ0n) is 16.0. The number of hydrogen-bond acceptors (Lipinski definition) is 8. The summed E-state index contributed by atoms with van der Waals surface area (Å²) in [5.41, 5.74) is 5.83. The van der Waals surface area contributed by atoms with Crippen molar-refractivity contribution in [1.82, 2.24) is 19.1 Å². The van der Waals surface area contributed by atoms with E-state index in [0.29, 0.717) is 31.1 Å². The predicted octanol–water partition coefficient (Wildman–Crippen LogP) is -0.113. The third-order valence-corrected chi connectivity index (χ3v) is 3.81. The number of hydrogen-bond donors (Lipinski definition) is 3. The van der Waals surface area contributed by atoms with Gasteiger partial charge in [-0.1, -0.05) is 5.92 Å². The highest BCUT2D eigenvalue weighted by molar-refractivity contribution is 5.79. The van der Waals surface area contributed by atoms with Crippen molar-refractivity contribution < 1.29 is 9.53 Å². The van der Waals surface area contributed by atoms with E-state index in [1.807, 2.05) is 0 Å². The van der Waals surface area contributed by atoms with Gasteiger partial charge in [-0.05, 0) is 20.8 Å². The molecule has 0 spiro atoms. The summed E-state index contributed by atoms with van der Waals surface area (Å²) in [5.74, 6) is 6.00. The van der Waals surface area contributed by atoms with Crippen molar-refractivity contribution in [2.75, 3.05) is 30.3 Å². The van der Waals surface area contributed by atoms with E-state index in [-0.39, 0.29) is 23.8 Å². The number of nitrogens with one attached hydrogen (secondary N) is 2. The summed E-state index contributed by atoms with van der Waals surface area (Å²) in [7, 11) is 1.57. The number of carbonyl (C=O) groups is 1. The molecule has 4 N–H and O–H groups in total. The van der Waals surface area contributed by atoms with Gasteiger partial charge in [0.1, 0.15) is 6.04 Å². The number of rotatable bonds is 8. The number of aromatic nitrogens is 4. The highest BCUT2D eigenvalue weighted by Gasteiger charge is 2.20. The highest BCUT2D eigenvalue weighted by Crippen LogP contribution is 2.17. The van der Waals surface area contributed by atoms with Gasteiger partial charge in [0, 0.05) is 20.1 Å². The average molecular weight is 375 g/mol. The lowest BCUT2D eigenvalue weighted by Crippen LogP contribution is -2.32. The van der Waals surface area contributed by atoms with Gasteiger partial charge in [0.25, 0.3) is 5.56 Å². The number of fused-ring (bicyclic) bond motifs is 1. The maximum Gasteiger partial charge on any atom is 0.328 e. The van der Waals surface area contributed by atoms with E-state index in [4.69, 9.17) is 10.5 Å². The molecule has 10 heteroatoms. The van der Waals surface area contributed by atoms with Crippen LogP contribution in [0.4, 0.5) is 11.9 Å². The molecule has 2 heterocycles. The van der Waals surface area contributed by atoms with Gasteiger partial charge >= 0.3 is 5.97 Å². The Balaban J connectivity index is 2.51. The summed E-state index contributed by atoms with van der Waals surface area (Å²) in [6, 6.07) is -0.664. The molecule has 2 rings (SSSR count). The first-order valence-corrected chi connectivity index (χ1v) is 8.68. The molecule has 0 unspecified atom stereocenters. The molecule has 27 heavy (non-hydrogen) atoms. The van der Waals surface area contributed by atoms with Crippen LogP contribution in [-0.4, -0.2) is 50.8 Å². The molecule has 0 saturated carbocycles. The molecule has 10 nitrogen and oxygen atoms in total. The van der Waals surface area contributed by atoms with Crippen LogP contribution in [-0.2, 0) is 23.1 Å². The molecule has 0 aliphatic rings. The second-order valence-corrected chi connectivity index (χ2v) is 5.75. The molecular weight excluding hydrogens is 350 g/mol. The quantitative estimate of drug-likeness (QED) is 0.430. The molecule has 0 aliphatic carbocycles. The lowest BCUT2D eigenvalue weighted by molar-refractivity contribution is -0.143. The van der Waals surface area contributed by atoms with Gasteiger partial charge in [-0.25, -0.2) is 4.79 Å². The first-order valence-electron chi connectivity index (χ1n) is 8.68. The van der Waals surface area contributed by atoms with Gasteiger partial charge in [-0.15, -0.1) is 5.92 Å². The van der Waals surface area contributed by atoms with Crippen LogP contribution in [0.15, 0.2) is 4.79 Å². The van der Waals surface area contributed by atoms with Crippen LogP contribution < -0.4 is 21.9 Å². The van der Waals surface area contributed by atoms with Crippen molar-refractivity contribution >= 4 is 29.0 Å². The summed E-state index contributed by atoms with van der Waals surface area (Å²) in [6.07, 6.45) is 0. The van der Waals surface area contributed by atoms with E-state index in [1.54, 1.807) is 32.4 Å². The Hall–Kier alpha value is -3.06. The maximum absolute atomic E-state index is 12.9. The van der Waals surface area contributed by atoms with Crippen molar-refractivity contribution in [3.05, 3.63) is 10.4 Å². The Labute approximate surface area is 157 Å². The minimum Gasteiger partial charge on any atom is -0.464 e. The molecule has 0 amide bonds. The van der Waals surface area contributed by atoms with E-state index < -0.39 is 12.0 Å². The molecule has 1 atom stereocenters. The van der Waals surface area contributed by atoms with Crippen molar-refractivity contribution in [2.45, 2.75) is 33.4 Å². The van der Waals surface area contributed by atoms with E-state index in [0.717, 1.165) is 0 Å². The van der Waals surface area contributed by atoms with Gasteiger partial charge in [-0.3, -0.25) is 13.9 Å². The molecule has 146 valence electrons. The zero-order valence-corrected chi connectivity index (χ0v) is 16.0. The average Bonchev–Trinajstić information content (AvgIpc) is 2.99. The van der Waals surface area contributed by atoms with Crippen LogP contribution in [0.5, 0.6) is 0 Å². The van der Waals surface area contributed by atoms with E-state index >= 15 is 0 Å². The van der Waals surface area contributed by atoms with Crippen molar-refractivity contribution in [3.8, 4) is 11.8 Å². The fourth-order valence-electron chi connectivity index (χ4n) is 2.44. The van der Waals surface area contributed by atoms with Crippen molar-refractivity contribution in [3.63, 3.8) is 0 Å². The molecular formula is C17H25N7O3. The van der Waals surface area contributed by atoms with Crippen molar-refractivity contribution in [1.29, 1.82) is 0 Å². The fraction of sp³-hybridized carbons (Fsp3) is 0.529. The van der Waals surface area contributed by atoms with Gasteiger partial charge in [-0.2, -0.15) is 9.97 Å². The molecule has 0 bridgehead atoms. The minimum absolute atomic E-state index is 0.227.